The Morgan fingerprint density at radius 3 is 2.56 bits per heavy atom. The Bertz CT molecular complexity index is 1210. The van der Waals surface area contributed by atoms with Crippen LogP contribution in [-0.2, 0) is 27.8 Å². The van der Waals surface area contributed by atoms with Gasteiger partial charge in [-0.2, -0.15) is 4.72 Å². The van der Waals surface area contributed by atoms with Crippen molar-refractivity contribution in [3.63, 3.8) is 0 Å². The lowest BCUT2D eigenvalue weighted by Gasteiger charge is -2.14. The minimum atomic E-state index is -3.95. The number of aryl methyl sites for hydroxylation is 3. The number of fused-ring (bicyclic) bond motifs is 1. The van der Waals surface area contributed by atoms with Gasteiger partial charge in [0.05, 0.1) is 6.04 Å². The maximum Gasteiger partial charge on any atom is 0.246 e. The fourth-order valence-electron chi connectivity index (χ4n) is 3.86. The van der Waals surface area contributed by atoms with Crippen molar-refractivity contribution >= 4 is 21.6 Å². The zero-order valence-electron chi connectivity index (χ0n) is 18.3. The third kappa shape index (κ3) is 4.44. The predicted molar refractivity (Wildman–Crippen MR) is 117 cm³/mol. The Morgan fingerprint density at radius 1 is 1.12 bits per heavy atom. The molecule has 1 amide bonds. The number of aromatic nitrogens is 4. The van der Waals surface area contributed by atoms with Crippen LogP contribution in [0.3, 0.4) is 0 Å². The standard InChI is InChI=1S/C21H26N6O4S/c1-13-19(15(3)31-25-13)32(29,30)26-14(2)21(28)22-17-10-8-16(9-11-17)20-24-23-18-7-5-4-6-12-27(18)20/h8-11,14,26H,4-7,12H2,1-3H3,(H,22,28)/t14-/m0/s1. The van der Waals surface area contributed by atoms with E-state index in [1.165, 1.54) is 27.2 Å². The summed E-state index contributed by atoms with van der Waals surface area (Å²) >= 11 is 0. The molecule has 1 aliphatic heterocycles. The molecule has 0 spiro atoms. The van der Waals surface area contributed by atoms with Gasteiger partial charge in [0.25, 0.3) is 0 Å². The van der Waals surface area contributed by atoms with Gasteiger partial charge in [0.1, 0.15) is 16.4 Å². The molecule has 1 aromatic carbocycles. The normalized spacial score (nSPS) is 15.1. The molecule has 1 atom stereocenters. The molecular formula is C21H26N6O4S. The summed E-state index contributed by atoms with van der Waals surface area (Å²) in [5.41, 5.74) is 1.71. The van der Waals surface area contributed by atoms with Crippen molar-refractivity contribution < 1.29 is 17.7 Å². The molecule has 0 saturated heterocycles. The summed E-state index contributed by atoms with van der Waals surface area (Å²) in [6.45, 7) is 5.42. The Kier molecular flexibility index (Phi) is 6.11. The van der Waals surface area contributed by atoms with Crippen molar-refractivity contribution in [1.29, 1.82) is 0 Å². The van der Waals surface area contributed by atoms with Crippen molar-refractivity contribution in [2.75, 3.05) is 5.32 Å². The minimum Gasteiger partial charge on any atom is -0.360 e. The van der Waals surface area contributed by atoms with Crippen LogP contribution in [0.1, 0.15) is 43.5 Å². The minimum absolute atomic E-state index is 0.0473. The quantitative estimate of drug-likeness (QED) is 0.580. The van der Waals surface area contributed by atoms with Gasteiger partial charge in [0.2, 0.25) is 15.9 Å². The van der Waals surface area contributed by atoms with Crippen molar-refractivity contribution in [1.82, 2.24) is 24.6 Å². The number of carbonyl (C=O) groups is 1. The maximum atomic E-state index is 12.6. The maximum absolute atomic E-state index is 12.6. The lowest BCUT2D eigenvalue weighted by Crippen LogP contribution is -2.41. The number of carbonyl (C=O) groups excluding carboxylic acids is 1. The first-order chi connectivity index (χ1) is 15.3. The molecule has 11 heteroatoms. The van der Waals surface area contributed by atoms with Gasteiger partial charge in [-0.1, -0.05) is 11.6 Å². The molecular weight excluding hydrogens is 432 g/mol. The highest BCUT2D eigenvalue weighted by Crippen LogP contribution is 2.24. The largest absolute Gasteiger partial charge is 0.360 e. The van der Waals surface area contributed by atoms with Crippen molar-refractivity contribution in [3.8, 4) is 11.4 Å². The molecule has 170 valence electrons. The molecule has 0 unspecified atom stereocenters. The smallest absolute Gasteiger partial charge is 0.246 e. The lowest BCUT2D eigenvalue weighted by atomic mass is 10.2. The number of hydrogen-bond acceptors (Lipinski definition) is 7. The number of hydrogen-bond donors (Lipinski definition) is 2. The van der Waals surface area contributed by atoms with E-state index in [2.05, 4.69) is 30.0 Å². The van der Waals surface area contributed by atoms with Crippen molar-refractivity contribution in [3.05, 3.63) is 41.5 Å². The van der Waals surface area contributed by atoms with Crippen molar-refractivity contribution in [2.45, 2.75) is 63.9 Å². The number of rotatable bonds is 6. The average Bonchev–Trinajstić information content (AvgIpc) is 3.22. The second-order valence-electron chi connectivity index (χ2n) is 7.97. The van der Waals surface area contributed by atoms with Crippen LogP contribution < -0.4 is 10.0 Å². The van der Waals surface area contributed by atoms with Crippen LogP contribution >= 0.6 is 0 Å². The third-order valence-electron chi connectivity index (χ3n) is 5.48. The van der Waals surface area contributed by atoms with Crippen LogP contribution in [0, 0.1) is 13.8 Å². The molecule has 2 N–H and O–H groups in total. The van der Waals surface area contributed by atoms with Crippen LogP contribution in [0.2, 0.25) is 0 Å². The summed E-state index contributed by atoms with van der Waals surface area (Å²) in [5, 5.41) is 15.1. The fraction of sp³-hybridized carbons (Fsp3) is 0.429. The summed E-state index contributed by atoms with van der Waals surface area (Å²) in [6.07, 6.45) is 4.35. The van der Waals surface area contributed by atoms with Gasteiger partial charge in [0.15, 0.2) is 11.6 Å². The van der Waals surface area contributed by atoms with Gasteiger partial charge in [-0.05, 0) is 57.9 Å². The monoisotopic (exact) mass is 458 g/mol. The van der Waals surface area contributed by atoms with E-state index < -0.39 is 22.0 Å². The number of nitrogens with zero attached hydrogens (tertiary/aromatic N) is 4. The summed E-state index contributed by atoms with van der Waals surface area (Å²) in [5.74, 6) is 1.52. The Hall–Kier alpha value is -3.05. The zero-order chi connectivity index (χ0) is 22.9. The van der Waals surface area contributed by atoms with E-state index in [0.717, 1.165) is 43.0 Å². The first-order valence-corrected chi connectivity index (χ1v) is 12.0. The SMILES string of the molecule is Cc1noc(C)c1S(=O)(=O)N[C@@H](C)C(=O)Nc1ccc(-c2nnc3n2CCCCC3)cc1. The molecule has 10 nitrogen and oxygen atoms in total. The second-order valence-corrected chi connectivity index (χ2v) is 9.62. The molecule has 1 aliphatic rings. The van der Waals surface area contributed by atoms with Gasteiger partial charge in [-0.15, -0.1) is 10.2 Å². The number of amides is 1. The summed E-state index contributed by atoms with van der Waals surface area (Å²) in [4.78, 5) is 12.5. The van der Waals surface area contributed by atoms with E-state index in [0.29, 0.717) is 5.69 Å². The summed E-state index contributed by atoms with van der Waals surface area (Å²) in [6, 6.07) is 6.27. The van der Waals surface area contributed by atoms with Crippen LogP contribution in [0.5, 0.6) is 0 Å². The lowest BCUT2D eigenvalue weighted by molar-refractivity contribution is -0.117. The number of nitrogens with one attached hydrogen (secondary N) is 2. The molecule has 32 heavy (non-hydrogen) atoms. The summed E-state index contributed by atoms with van der Waals surface area (Å²) in [7, 11) is -3.95. The number of benzene rings is 1. The van der Waals surface area contributed by atoms with Gasteiger partial charge in [-0.3, -0.25) is 4.79 Å². The zero-order valence-corrected chi connectivity index (χ0v) is 19.1. The van der Waals surface area contributed by atoms with E-state index in [1.54, 1.807) is 12.1 Å². The third-order valence-corrected chi connectivity index (χ3v) is 7.27. The van der Waals surface area contributed by atoms with Gasteiger partial charge >= 0.3 is 0 Å². The van der Waals surface area contributed by atoms with Gasteiger partial charge in [0, 0.05) is 24.2 Å². The van der Waals surface area contributed by atoms with Gasteiger partial charge in [-0.25, -0.2) is 8.42 Å². The Balaban J connectivity index is 1.43. The molecule has 0 radical (unpaired) electrons. The Morgan fingerprint density at radius 2 is 1.88 bits per heavy atom. The first kappa shape index (κ1) is 22.2. The highest BCUT2D eigenvalue weighted by Gasteiger charge is 2.28. The number of sulfonamides is 1. The van der Waals surface area contributed by atoms with E-state index in [-0.39, 0.29) is 16.3 Å². The molecule has 0 bridgehead atoms. The molecule has 3 aromatic rings. The number of anilines is 1. The molecule has 0 saturated carbocycles. The van der Waals surface area contributed by atoms with Gasteiger partial charge < -0.3 is 14.4 Å². The van der Waals surface area contributed by atoms with E-state index in [4.69, 9.17) is 4.52 Å². The predicted octanol–water partition coefficient (Wildman–Crippen LogP) is 2.58. The first-order valence-electron chi connectivity index (χ1n) is 10.5. The highest BCUT2D eigenvalue weighted by atomic mass is 32.2. The highest BCUT2D eigenvalue weighted by molar-refractivity contribution is 7.89. The molecule has 3 heterocycles. The average molecular weight is 459 g/mol. The molecule has 2 aromatic heterocycles. The van der Waals surface area contributed by atoms with Crippen LogP contribution in [0.15, 0.2) is 33.7 Å². The van der Waals surface area contributed by atoms with E-state index in [1.807, 2.05) is 12.1 Å². The molecule has 0 aliphatic carbocycles. The fourth-order valence-corrected chi connectivity index (χ4v) is 5.39. The second kappa shape index (κ2) is 8.83. The van der Waals surface area contributed by atoms with Crippen molar-refractivity contribution in [2.24, 2.45) is 0 Å². The van der Waals surface area contributed by atoms with E-state index >= 15 is 0 Å². The molecule has 4 rings (SSSR count). The van der Waals surface area contributed by atoms with E-state index in [9.17, 15) is 13.2 Å². The van der Waals surface area contributed by atoms with Crippen LogP contribution in [-0.4, -0.2) is 40.3 Å². The topological polar surface area (TPSA) is 132 Å². The summed E-state index contributed by atoms with van der Waals surface area (Å²) < 4.78 is 34.7. The Labute approximate surface area is 186 Å². The van der Waals surface area contributed by atoms with Crippen LogP contribution in [0.25, 0.3) is 11.4 Å². The molecule has 0 fully saturated rings. The van der Waals surface area contributed by atoms with Crippen LogP contribution in [0.4, 0.5) is 5.69 Å².